The van der Waals surface area contributed by atoms with Crippen LogP contribution in [0.4, 0.5) is 5.69 Å². The zero-order valence-electron chi connectivity index (χ0n) is 11.6. The summed E-state index contributed by atoms with van der Waals surface area (Å²) in [5, 5.41) is 4.90. The van der Waals surface area contributed by atoms with Gasteiger partial charge in [-0.3, -0.25) is 0 Å². The van der Waals surface area contributed by atoms with Crippen molar-refractivity contribution in [1.82, 2.24) is 0 Å². The highest BCUT2D eigenvalue weighted by Crippen LogP contribution is 2.31. The number of benzene rings is 2. The highest BCUT2D eigenvalue weighted by atomic mass is 32.2. The van der Waals surface area contributed by atoms with Gasteiger partial charge in [-0.25, -0.2) is 0 Å². The summed E-state index contributed by atoms with van der Waals surface area (Å²) >= 11 is 3.64. The average molecular weight is 299 g/mol. The van der Waals surface area contributed by atoms with Crippen molar-refractivity contribution in [1.29, 1.82) is 0 Å². The lowest BCUT2D eigenvalue weighted by atomic mass is 10.2. The molecule has 1 nitrogen and oxygen atoms in total. The maximum Gasteiger partial charge on any atom is 0.0578 e. The quantitative estimate of drug-likeness (QED) is 0.611. The van der Waals surface area contributed by atoms with Crippen LogP contribution < -0.4 is 5.32 Å². The topological polar surface area (TPSA) is 12.0 Å². The van der Waals surface area contributed by atoms with Crippen molar-refractivity contribution in [3.8, 4) is 0 Å². The van der Waals surface area contributed by atoms with Crippen LogP contribution in [0.2, 0.25) is 0 Å². The highest BCUT2D eigenvalue weighted by molar-refractivity contribution is 7.98. The molecule has 1 heterocycles. The van der Waals surface area contributed by atoms with E-state index in [-0.39, 0.29) is 0 Å². The normalized spacial score (nSPS) is 12.5. The summed E-state index contributed by atoms with van der Waals surface area (Å²) in [7, 11) is 0. The Bertz CT molecular complexity index is 667. The number of thiophene rings is 1. The summed E-state index contributed by atoms with van der Waals surface area (Å²) in [6, 6.07) is 19.8. The number of anilines is 1. The number of nitrogens with one attached hydrogen (secondary N) is 1. The van der Waals surface area contributed by atoms with E-state index in [4.69, 9.17) is 0 Å². The minimum atomic E-state index is 0.326. The molecule has 20 heavy (non-hydrogen) atoms. The van der Waals surface area contributed by atoms with Crippen LogP contribution in [0.1, 0.15) is 17.8 Å². The molecule has 0 amide bonds. The Hall–Kier alpha value is -1.45. The van der Waals surface area contributed by atoms with Crippen LogP contribution in [0.15, 0.2) is 59.5 Å². The zero-order chi connectivity index (χ0) is 13.9. The molecule has 1 unspecified atom stereocenters. The summed E-state index contributed by atoms with van der Waals surface area (Å²) in [6.45, 7) is 2.22. The lowest BCUT2D eigenvalue weighted by Crippen LogP contribution is -2.04. The fraction of sp³-hybridized carbons (Fsp3) is 0.176. The van der Waals surface area contributed by atoms with Crippen LogP contribution in [0.5, 0.6) is 0 Å². The Labute approximate surface area is 128 Å². The molecule has 0 radical (unpaired) electrons. The third-order valence-electron chi connectivity index (χ3n) is 3.34. The summed E-state index contributed by atoms with van der Waals surface area (Å²) in [5.41, 5.74) is 1.17. The highest BCUT2D eigenvalue weighted by Gasteiger charge is 2.09. The molecule has 0 fully saturated rings. The number of hydrogen-bond acceptors (Lipinski definition) is 3. The molecule has 2 aromatic carbocycles. The van der Waals surface area contributed by atoms with Crippen LogP contribution in [-0.2, 0) is 0 Å². The molecular formula is C17H17NS2. The minimum Gasteiger partial charge on any atom is -0.378 e. The Morgan fingerprint density at radius 3 is 2.50 bits per heavy atom. The van der Waals surface area contributed by atoms with E-state index in [1.54, 1.807) is 11.8 Å². The number of rotatable bonds is 4. The average Bonchev–Trinajstić information content (AvgIpc) is 2.92. The van der Waals surface area contributed by atoms with Gasteiger partial charge in [0.05, 0.1) is 6.04 Å². The smallest absolute Gasteiger partial charge is 0.0578 e. The molecule has 3 rings (SSSR count). The molecule has 3 heteroatoms. The first kappa shape index (κ1) is 13.5. The van der Waals surface area contributed by atoms with E-state index >= 15 is 0 Å². The molecule has 0 saturated carbocycles. The van der Waals surface area contributed by atoms with E-state index in [0.29, 0.717) is 6.04 Å². The second kappa shape index (κ2) is 5.90. The van der Waals surface area contributed by atoms with Crippen molar-refractivity contribution >= 4 is 38.9 Å². The minimum absolute atomic E-state index is 0.326. The Morgan fingerprint density at radius 1 is 1.05 bits per heavy atom. The predicted octanol–water partition coefficient (Wildman–Crippen LogP) is 5.80. The lowest BCUT2D eigenvalue weighted by molar-refractivity contribution is 0.908. The van der Waals surface area contributed by atoms with Gasteiger partial charge in [-0.2, -0.15) is 0 Å². The molecule has 0 aliphatic heterocycles. The Kier molecular flexibility index (Phi) is 3.99. The number of thioether (sulfide) groups is 1. The predicted molar refractivity (Wildman–Crippen MR) is 92.1 cm³/mol. The molecular weight excluding hydrogens is 282 g/mol. The molecule has 0 aliphatic rings. The third-order valence-corrected chi connectivity index (χ3v) is 5.39. The van der Waals surface area contributed by atoms with E-state index < -0.39 is 0 Å². The number of fused-ring (bicyclic) bond motifs is 1. The third kappa shape index (κ3) is 2.84. The Balaban J connectivity index is 1.79. The van der Waals surface area contributed by atoms with Crippen molar-refractivity contribution in [3.63, 3.8) is 0 Å². The molecule has 1 atom stereocenters. The van der Waals surface area contributed by atoms with Gasteiger partial charge in [0.15, 0.2) is 0 Å². The summed E-state index contributed by atoms with van der Waals surface area (Å²) in [6.07, 6.45) is 2.10. The lowest BCUT2D eigenvalue weighted by Gasteiger charge is -2.13. The molecule has 1 N–H and O–H groups in total. The second-order valence-corrected chi connectivity index (χ2v) is 6.78. The monoisotopic (exact) mass is 299 g/mol. The standard InChI is InChI=1S/C17H17NS2/c1-12(18-14-7-9-15(19-2)10-8-14)17-11-13-5-3-4-6-16(13)20-17/h3-12,18H,1-2H3. The van der Waals surface area contributed by atoms with Crippen LogP contribution in [0, 0.1) is 0 Å². The van der Waals surface area contributed by atoms with Gasteiger partial charge in [0.1, 0.15) is 0 Å². The maximum atomic E-state index is 3.57. The summed E-state index contributed by atoms with van der Waals surface area (Å²) < 4.78 is 1.36. The van der Waals surface area contributed by atoms with E-state index in [0.717, 1.165) is 0 Å². The first-order valence-electron chi connectivity index (χ1n) is 6.65. The van der Waals surface area contributed by atoms with E-state index in [1.807, 2.05) is 11.3 Å². The molecule has 0 spiro atoms. The van der Waals surface area contributed by atoms with Crippen molar-refractivity contribution < 1.29 is 0 Å². The first-order chi connectivity index (χ1) is 9.76. The number of hydrogen-bond donors (Lipinski definition) is 1. The molecule has 0 saturated heterocycles. The van der Waals surface area contributed by atoms with Gasteiger partial charge in [0.25, 0.3) is 0 Å². The van der Waals surface area contributed by atoms with Gasteiger partial charge < -0.3 is 5.32 Å². The SMILES string of the molecule is CSc1ccc(NC(C)c2cc3ccccc3s2)cc1. The summed E-state index contributed by atoms with van der Waals surface area (Å²) in [5.74, 6) is 0. The van der Waals surface area contributed by atoms with Crippen molar-refractivity contribution in [2.75, 3.05) is 11.6 Å². The van der Waals surface area contributed by atoms with Gasteiger partial charge in [0, 0.05) is 20.2 Å². The fourth-order valence-electron chi connectivity index (χ4n) is 2.22. The molecule has 3 aromatic rings. The van der Waals surface area contributed by atoms with E-state index in [9.17, 15) is 0 Å². The van der Waals surface area contributed by atoms with Crippen LogP contribution in [0.25, 0.3) is 10.1 Å². The molecule has 0 bridgehead atoms. The largest absolute Gasteiger partial charge is 0.378 e. The van der Waals surface area contributed by atoms with Gasteiger partial charge in [-0.05, 0) is 55.0 Å². The first-order valence-corrected chi connectivity index (χ1v) is 8.69. The molecule has 102 valence electrons. The van der Waals surface area contributed by atoms with Gasteiger partial charge in [-0.15, -0.1) is 23.1 Å². The van der Waals surface area contributed by atoms with Crippen LogP contribution in [0.3, 0.4) is 0 Å². The van der Waals surface area contributed by atoms with E-state index in [1.165, 1.54) is 25.5 Å². The molecule has 0 aliphatic carbocycles. The Morgan fingerprint density at radius 2 is 1.80 bits per heavy atom. The van der Waals surface area contributed by atoms with Crippen molar-refractivity contribution in [2.24, 2.45) is 0 Å². The van der Waals surface area contributed by atoms with E-state index in [2.05, 4.69) is 73.1 Å². The van der Waals surface area contributed by atoms with Crippen molar-refractivity contribution in [3.05, 3.63) is 59.5 Å². The zero-order valence-corrected chi connectivity index (χ0v) is 13.2. The van der Waals surface area contributed by atoms with Gasteiger partial charge in [-0.1, -0.05) is 18.2 Å². The summed E-state index contributed by atoms with van der Waals surface area (Å²) in [4.78, 5) is 2.67. The molecule has 1 aromatic heterocycles. The maximum absolute atomic E-state index is 3.57. The second-order valence-electron chi connectivity index (χ2n) is 4.78. The van der Waals surface area contributed by atoms with Gasteiger partial charge in [0.2, 0.25) is 0 Å². The van der Waals surface area contributed by atoms with Crippen LogP contribution >= 0.6 is 23.1 Å². The fourth-order valence-corrected chi connectivity index (χ4v) is 3.70. The van der Waals surface area contributed by atoms with Crippen LogP contribution in [-0.4, -0.2) is 6.26 Å². The van der Waals surface area contributed by atoms with Crippen molar-refractivity contribution in [2.45, 2.75) is 17.9 Å². The van der Waals surface area contributed by atoms with Gasteiger partial charge >= 0.3 is 0 Å².